The Balaban J connectivity index is 1.37. The van der Waals surface area contributed by atoms with Crippen LogP contribution in [0.25, 0.3) is 0 Å². The van der Waals surface area contributed by atoms with E-state index < -0.39 is 0 Å². The summed E-state index contributed by atoms with van der Waals surface area (Å²) in [6.45, 7) is 5.80. The van der Waals surface area contributed by atoms with E-state index in [1.165, 1.54) is 6.42 Å². The number of hydrogen-bond donors (Lipinski definition) is 0. The largest absolute Gasteiger partial charge is 0.464 e. The standard InChI is InChI=1S/C20H25N3O3/c1-14-11-17(14)18-5-4-16(26-18)13-22(2)20(24)15-3-6-19(21-12-15)23-7-9-25-10-8-23/h3-6,12,14,17H,7-11,13H2,1-2H3/t14-,17+/m1/s1. The molecular weight excluding hydrogens is 330 g/mol. The van der Waals surface area contributed by atoms with Gasteiger partial charge in [-0.05, 0) is 36.6 Å². The van der Waals surface area contributed by atoms with Gasteiger partial charge in [0.1, 0.15) is 17.3 Å². The lowest BCUT2D eigenvalue weighted by Gasteiger charge is -2.27. The fraction of sp³-hybridized carbons (Fsp3) is 0.500. The Hall–Kier alpha value is -2.34. The number of rotatable bonds is 5. The number of carbonyl (C=O) groups is 1. The molecule has 0 unspecified atom stereocenters. The van der Waals surface area contributed by atoms with Crippen molar-refractivity contribution in [1.82, 2.24) is 9.88 Å². The quantitative estimate of drug-likeness (QED) is 0.825. The average Bonchev–Trinajstić information content (AvgIpc) is 3.23. The first-order valence-corrected chi connectivity index (χ1v) is 9.24. The van der Waals surface area contributed by atoms with Crippen molar-refractivity contribution >= 4 is 11.7 Å². The summed E-state index contributed by atoms with van der Waals surface area (Å²) in [5.74, 6) is 3.98. The number of morpholine rings is 1. The second-order valence-electron chi connectivity index (χ2n) is 7.29. The van der Waals surface area contributed by atoms with E-state index in [1.54, 1.807) is 18.1 Å². The Morgan fingerprint density at radius 2 is 2.04 bits per heavy atom. The van der Waals surface area contributed by atoms with Crippen LogP contribution in [0.1, 0.15) is 41.1 Å². The van der Waals surface area contributed by atoms with Crippen LogP contribution in [0.4, 0.5) is 5.82 Å². The third-order valence-corrected chi connectivity index (χ3v) is 5.23. The first kappa shape index (κ1) is 17.1. The van der Waals surface area contributed by atoms with E-state index in [1.807, 2.05) is 24.3 Å². The zero-order valence-corrected chi connectivity index (χ0v) is 15.4. The Bertz CT molecular complexity index is 765. The second-order valence-corrected chi connectivity index (χ2v) is 7.29. The summed E-state index contributed by atoms with van der Waals surface area (Å²) < 4.78 is 11.3. The van der Waals surface area contributed by atoms with Gasteiger partial charge in [0.15, 0.2) is 0 Å². The fourth-order valence-electron chi connectivity index (χ4n) is 3.42. The molecule has 2 aliphatic rings. The molecule has 6 nitrogen and oxygen atoms in total. The highest BCUT2D eigenvalue weighted by molar-refractivity contribution is 5.93. The smallest absolute Gasteiger partial charge is 0.255 e. The number of ether oxygens (including phenoxy) is 1. The molecule has 2 atom stereocenters. The molecule has 0 spiro atoms. The summed E-state index contributed by atoms with van der Waals surface area (Å²) >= 11 is 0. The third kappa shape index (κ3) is 3.60. The number of aromatic nitrogens is 1. The van der Waals surface area contributed by atoms with Gasteiger partial charge in [-0.2, -0.15) is 0 Å². The lowest BCUT2D eigenvalue weighted by Crippen LogP contribution is -2.36. The van der Waals surface area contributed by atoms with Gasteiger partial charge in [-0.25, -0.2) is 4.98 Å². The molecule has 0 radical (unpaired) electrons. The fourth-order valence-corrected chi connectivity index (χ4v) is 3.42. The molecule has 0 N–H and O–H groups in total. The van der Waals surface area contributed by atoms with Crippen molar-refractivity contribution in [3.63, 3.8) is 0 Å². The molecule has 6 heteroatoms. The molecule has 2 fully saturated rings. The molecule has 0 aromatic carbocycles. The lowest BCUT2D eigenvalue weighted by atomic mass is 10.2. The molecule has 26 heavy (non-hydrogen) atoms. The van der Waals surface area contributed by atoms with Crippen LogP contribution >= 0.6 is 0 Å². The summed E-state index contributed by atoms with van der Waals surface area (Å²) in [6.07, 6.45) is 2.85. The molecule has 2 aromatic rings. The molecule has 1 amide bonds. The molecular formula is C20H25N3O3. The van der Waals surface area contributed by atoms with Gasteiger partial charge >= 0.3 is 0 Å². The first-order valence-electron chi connectivity index (χ1n) is 9.24. The van der Waals surface area contributed by atoms with Crippen LogP contribution in [0, 0.1) is 5.92 Å². The Kier molecular flexibility index (Phi) is 4.68. The van der Waals surface area contributed by atoms with E-state index in [-0.39, 0.29) is 5.91 Å². The Labute approximate surface area is 153 Å². The van der Waals surface area contributed by atoms with Crippen LogP contribution in [0.2, 0.25) is 0 Å². The molecule has 1 saturated carbocycles. The van der Waals surface area contributed by atoms with Crippen molar-refractivity contribution in [3.8, 4) is 0 Å². The molecule has 1 aliphatic carbocycles. The van der Waals surface area contributed by atoms with Gasteiger partial charge < -0.3 is 19.0 Å². The van der Waals surface area contributed by atoms with E-state index in [0.717, 1.165) is 43.6 Å². The summed E-state index contributed by atoms with van der Waals surface area (Å²) in [4.78, 5) is 21.0. The molecule has 1 aliphatic heterocycles. The molecule has 138 valence electrons. The third-order valence-electron chi connectivity index (χ3n) is 5.23. The van der Waals surface area contributed by atoms with Crippen molar-refractivity contribution in [3.05, 3.63) is 47.5 Å². The summed E-state index contributed by atoms with van der Waals surface area (Å²) in [5, 5.41) is 0. The van der Waals surface area contributed by atoms with Crippen molar-refractivity contribution in [1.29, 1.82) is 0 Å². The topological polar surface area (TPSA) is 58.8 Å². The number of amides is 1. The van der Waals surface area contributed by atoms with Crippen molar-refractivity contribution < 1.29 is 13.9 Å². The maximum atomic E-state index is 12.7. The zero-order chi connectivity index (χ0) is 18.1. The van der Waals surface area contributed by atoms with Gasteiger partial charge in [0.25, 0.3) is 5.91 Å². The van der Waals surface area contributed by atoms with Crippen LogP contribution in [0.3, 0.4) is 0 Å². The van der Waals surface area contributed by atoms with E-state index in [0.29, 0.717) is 23.9 Å². The van der Waals surface area contributed by atoms with Crippen LogP contribution in [-0.4, -0.2) is 49.1 Å². The summed E-state index contributed by atoms with van der Waals surface area (Å²) in [5.41, 5.74) is 0.590. The molecule has 0 bridgehead atoms. The van der Waals surface area contributed by atoms with E-state index in [2.05, 4.69) is 16.8 Å². The van der Waals surface area contributed by atoms with Crippen LogP contribution in [0.5, 0.6) is 0 Å². The van der Waals surface area contributed by atoms with Crippen molar-refractivity contribution in [2.24, 2.45) is 5.92 Å². The normalized spacial score (nSPS) is 22.3. The number of anilines is 1. The van der Waals surface area contributed by atoms with Crippen molar-refractivity contribution in [2.75, 3.05) is 38.3 Å². The number of pyridine rings is 1. The van der Waals surface area contributed by atoms with Crippen molar-refractivity contribution in [2.45, 2.75) is 25.8 Å². The minimum atomic E-state index is -0.0521. The van der Waals surface area contributed by atoms with Crippen LogP contribution in [-0.2, 0) is 11.3 Å². The van der Waals surface area contributed by atoms with Crippen LogP contribution < -0.4 is 4.90 Å². The minimum absolute atomic E-state index is 0.0521. The molecule has 1 saturated heterocycles. The van der Waals surface area contributed by atoms with Gasteiger partial charge in [-0.1, -0.05) is 6.92 Å². The SMILES string of the molecule is C[C@@H]1C[C@@H]1c1ccc(CN(C)C(=O)c2ccc(N3CCOCC3)nc2)o1. The lowest BCUT2D eigenvalue weighted by molar-refractivity contribution is 0.0774. The molecule has 2 aromatic heterocycles. The molecule has 4 rings (SSSR count). The number of furan rings is 1. The van der Waals surface area contributed by atoms with Crippen LogP contribution in [0.15, 0.2) is 34.9 Å². The molecule has 3 heterocycles. The average molecular weight is 355 g/mol. The van der Waals surface area contributed by atoms with E-state index in [9.17, 15) is 4.79 Å². The highest BCUT2D eigenvalue weighted by Crippen LogP contribution is 2.47. The number of nitrogens with zero attached hydrogens (tertiary/aromatic N) is 3. The number of carbonyl (C=O) groups excluding carboxylic acids is 1. The first-order chi connectivity index (χ1) is 12.6. The second kappa shape index (κ2) is 7.11. The number of hydrogen-bond acceptors (Lipinski definition) is 5. The maximum absolute atomic E-state index is 12.7. The highest BCUT2D eigenvalue weighted by Gasteiger charge is 2.36. The van der Waals surface area contributed by atoms with Gasteiger partial charge in [0.2, 0.25) is 0 Å². The maximum Gasteiger partial charge on any atom is 0.255 e. The Morgan fingerprint density at radius 1 is 1.27 bits per heavy atom. The zero-order valence-electron chi connectivity index (χ0n) is 15.4. The predicted octanol–water partition coefficient (Wildman–Crippen LogP) is 2.91. The highest BCUT2D eigenvalue weighted by atomic mass is 16.5. The van der Waals surface area contributed by atoms with Gasteiger partial charge in [-0.15, -0.1) is 0 Å². The Morgan fingerprint density at radius 3 is 2.69 bits per heavy atom. The summed E-state index contributed by atoms with van der Waals surface area (Å²) in [7, 11) is 1.79. The summed E-state index contributed by atoms with van der Waals surface area (Å²) in [6, 6.07) is 7.77. The minimum Gasteiger partial charge on any atom is -0.464 e. The van der Waals surface area contributed by atoms with E-state index >= 15 is 0 Å². The van der Waals surface area contributed by atoms with Gasteiger partial charge in [0, 0.05) is 32.3 Å². The van der Waals surface area contributed by atoms with E-state index in [4.69, 9.17) is 9.15 Å². The predicted molar refractivity (Wildman–Crippen MR) is 98.3 cm³/mol. The monoisotopic (exact) mass is 355 g/mol. The van der Waals surface area contributed by atoms with Gasteiger partial charge in [0.05, 0.1) is 25.3 Å². The van der Waals surface area contributed by atoms with Gasteiger partial charge in [-0.3, -0.25) is 4.79 Å².